The van der Waals surface area contributed by atoms with E-state index >= 15 is 0 Å². The minimum absolute atomic E-state index is 0.133. The molecule has 1 unspecified atom stereocenters. The van der Waals surface area contributed by atoms with Crippen LogP contribution in [0.1, 0.15) is 18.1 Å². The Morgan fingerprint density at radius 2 is 1.79 bits per heavy atom. The standard InChI is InChI=1S/C26H26N2O5/c1-17-8-10-19(11-9-17)15-28-21-14-20(12-13-22(21)33-18(2)26(28)30)27-25(29)16-32-24-7-5-4-6-23(24)31-3/h4-14,18H,15-16H2,1-3H3,(H,27,29). The highest BCUT2D eigenvalue weighted by molar-refractivity contribution is 6.01. The van der Waals surface area contributed by atoms with E-state index in [9.17, 15) is 9.59 Å². The Labute approximate surface area is 192 Å². The van der Waals surface area contributed by atoms with Gasteiger partial charge in [0.15, 0.2) is 24.2 Å². The van der Waals surface area contributed by atoms with Crippen molar-refractivity contribution in [1.29, 1.82) is 0 Å². The number of hydrogen-bond donors (Lipinski definition) is 1. The number of amides is 2. The zero-order chi connectivity index (χ0) is 23.4. The van der Waals surface area contributed by atoms with Crippen molar-refractivity contribution in [2.75, 3.05) is 23.9 Å². The number of benzene rings is 3. The van der Waals surface area contributed by atoms with Crippen molar-refractivity contribution in [3.8, 4) is 17.2 Å². The number of anilines is 2. The van der Waals surface area contributed by atoms with Gasteiger partial charge in [0.25, 0.3) is 11.8 Å². The molecular formula is C26H26N2O5. The Hall–Kier alpha value is -4.00. The third-order valence-corrected chi connectivity index (χ3v) is 5.34. The first-order chi connectivity index (χ1) is 15.9. The summed E-state index contributed by atoms with van der Waals surface area (Å²) in [7, 11) is 1.54. The molecule has 7 heteroatoms. The first-order valence-corrected chi connectivity index (χ1v) is 10.7. The van der Waals surface area contributed by atoms with E-state index in [2.05, 4.69) is 5.32 Å². The van der Waals surface area contributed by atoms with Crippen LogP contribution >= 0.6 is 0 Å². The summed E-state index contributed by atoms with van der Waals surface area (Å²) in [6, 6.07) is 20.4. The van der Waals surface area contributed by atoms with Gasteiger partial charge in [0.1, 0.15) is 5.75 Å². The molecular weight excluding hydrogens is 420 g/mol. The molecule has 1 aliphatic heterocycles. The molecule has 4 rings (SSSR count). The highest BCUT2D eigenvalue weighted by Crippen LogP contribution is 2.37. The SMILES string of the molecule is COc1ccccc1OCC(=O)Nc1ccc2c(c1)N(Cc1ccc(C)cc1)C(=O)C(C)O2. The average molecular weight is 447 g/mol. The van der Waals surface area contributed by atoms with Gasteiger partial charge in [0.05, 0.1) is 19.3 Å². The van der Waals surface area contributed by atoms with Crippen LogP contribution in [0.2, 0.25) is 0 Å². The van der Waals surface area contributed by atoms with Crippen LogP contribution in [0.3, 0.4) is 0 Å². The zero-order valence-electron chi connectivity index (χ0n) is 18.8. The van der Waals surface area contributed by atoms with E-state index in [0.29, 0.717) is 35.2 Å². The van der Waals surface area contributed by atoms with Crippen LogP contribution in [-0.2, 0) is 16.1 Å². The summed E-state index contributed by atoms with van der Waals surface area (Å²) in [5.41, 5.74) is 3.32. The molecule has 0 spiro atoms. The number of aryl methyl sites for hydroxylation is 1. The van der Waals surface area contributed by atoms with E-state index < -0.39 is 6.10 Å². The molecule has 0 saturated carbocycles. The van der Waals surface area contributed by atoms with E-state index in [1.54, 1.807) is 55.3 Å². The van der Waals surface area contributed by atoms with Crippen LogP contribution in [0.25, 0.3) is 0 Å². The summed E-state index contributed by atoms with van der Waals surface area (Å²) in [4.78, 5) is 27.1. The van der Waals surface area contributed by atoms with Gasteiger partial charge in [0, 0.05) is 5.69 Å². The lowest BCUT2D eigenvalue weighted by atomic mass is 10.1. The number of para-hydroxylation sites is 2. The second-order valence-electron chi connectivity index (χ2n) is 7.84. The number of ether oxygens (including phenoxy) is 3. The fraction of sp³-hybridized carbons (Fsp3) is 0.231. The van der Waals surface area contributed by atoms with Gasteiger partial charge in [-0.15, -0.1) is 0 Å². The van der Waals surface area contributed by atoms with Crippen LogP contribution in [0.5, 0.6) is 17.2 Å². The molecule has 0 aliphatic carbocycles. The lowest BCUT2D eigenvalue weighted by Crippen LogP contribution is -2.44. The summed E-state index contributed by atoms with van der Waals surface area (Å²) in [6.07, 6.45) is -0.586. The summed E-state index contributed by atoms with van der Waals surface area (Å²) in [5, 5.41) is 2.82. The molecule has 3 aromatic rings. The van der Waals surface area contributed by atoms with Gasteiger partial charge in [0.2, 0.25) is 0 Å². The van der Waals surface area contributed by atoms with Crippen LogP contribution in [0, 0.1) is 6.92 Å². The predicted octanol–water partition coefficient (Wildman–Crippen LogP) is 4.34. The van der Waals surface area contributed by atoms with E-state index in [-0.39, 0.29) is 18.4 Å². The largest absolute Gasteiger partial charge is 0.493 e. The molecule has 33 heavy (non-hydrogen) atoms. The summed E-state index contributed by atoms with van der Waals surface area (Å²) < 4.78 is 16.6. The third-order valence-electron chi connectivity index (χ3n) is 5.34. The van der Waals surface area contributed by atoms with Crippen molar-refractivity contribution in [2.24, 2.45) is 0 Å². The van der Waals surface area contributed by atoms with Crippen molar-refractivity contribution in [1.82, 2.24) is 0 Å². The molecule has 1 N–H and O–H groups in total. The van der Waals surface area contributed by atoms with Crippen molar-refractivity contribution in [2.45, 2.75) is 26.5 Å². The molecule has 7 nitrogen and oxygen atoms in total. The van der Waals surface area contributed by atoms with Gasteiger partial charge < -0.3 is 24.4 Å². The second kappa shape index (κ2) is 9.65. The highest BCUT2D eigenvalue weighted by Gasteiger charge is 2.31. The van der Waals surface area contributed by atoms with Crippen molar-refractivity contribution >= 4 is 23.2 Å². The van der Waals surface area contributed by atoms with Gasteiger partial charge in [-0.3, -0.25) is 9.59 Å². The lowest BCUT2D eigenvalue weighted by Gasteiger charge is -2.33. The Kier molecular flexibility index (Phi) is 6.49. The number of rotatable bonds is 7. The molecule has 0 saturated heterocycles. The molecule has 2 amide bonds. The maximum absolute atomic E-state index is 12.9. The van der Waals surface area contributed by atoms with Crippen LogP contribution < -0.4 is 24.4 Å². The zero-order valence-corrected chi connectivity index (χ0v) is 18.8. The van der Waals surface area contributed by atoms with Crippen molar-refractivity contribution < 1.29 is 23.8 Å². The fourth-order valence-electron chi connectivity index (χ4n) is 3.60. The van der Waals surface area contributed by atoms with Gasteiger partial charge in [-0.05, 0) is 49.7 Å². The summed E-state index contributed by atoms with van der Waals surface area (Å²) in [5.74, 6) is 1.17. The lowest BCUT2D eigenvalue weighted by molar-refractivity contribution is -0.125. The molecule has 170 valence electrons. The Bertz CT molecular complexity index is 1160. The molecule has 3 aromatic carbocycles. The molecule has 1 aliphatic rings. The van der Waals surface area contributed by atoms with Gasteiger partial charge in [-0.25, -0.2) is 0 Å². The molecule has 0 bridgehead atoms. The Morgan fingerprint density at radius 1 is 1.06 bits per heavy atom. The van der Waals surface area contributed by atoms with Gasteiger partial charge >= 0.3 is 0 Å². The maximum atomic E-state index is 12.9. The van der Waals surface area contributed by atoms with E-state index in [1.807, 2.05) is 37.3 Å². The van der Waals surface area contributed by atoms with Crippen LogP contribution in [-0.4, -0.2) is 31.6 Å². The summed E-state index contributed by atoms with van der Waals surface area (Å²) >= 11 is 0. The number of nitrogens with one attached hydrogen (secondary N) is 1. The number of nitrogens with zero attached hydrogens (tertiary/aromatic N) is 1. The second-order valence-corrected chi connectivity index (χ2v) is 7.84. The van der Waals surface area contributed by atoms with Crippen LogP contribution in [0.4, 0.5) is 11.4 Å². The number of hydrogen-bond acceptors (Lipinski definition) is 5. The maximum Gasteiger partial charge on any atom is 0.268 e. The van der Waals surface area contributed by atoms with Crippen LogP contribution in [0.15, 0.2) is 66.7 Å². The number of carbonyl (C=O) groups excluding carboxylic acids is 2. The molecule has 0 radical (unpaired) electrons. The van der Waals surface area contributed by atoms with Crippen molar-refractivity contribution in [3.05, 3.63) is 77.9 Å². The van der Waals surface area contributed by atoms with E-state index in [0.717, 1.165) is 11.1 Å². The van der Waals surface area contributed by atoms with E-state index in [1.165, 1.54) is 0 Å². The first kappa shape index (κ1) is 22.2. The molecule has 0 fully saturated rings. The molecule has 0 aromatic heterocycles. The number of fused-ring (bicyclic) bond motifs is 1. The molecule has 1 heterocycles. The normalized spacial score (nSPS) is 14.8. The quantitative estimate of drug-likeness (QED) is 0.584. The smallest absolute Gasteiger partial charge is 0.268 e. The van der Waals surface area contributed by atoms with E-state index in [4.69, 9.17) is 14.2 Å². The average Bonchev–Trinajstić information content (AvgIpc) is 2.82. The van der Waals surface area contributed by atoms with Gasteiger partial charge in [-0.2, -0.15) is 0 Å². The monoisotopic (exact) mass is 446 g/mol. The number of methoxy groups -OCH3 is 1. The number of carbonyl (C=O) groups is 2. The minimum atomic E-state index is -0.586. The minimum Gasteiger partial charge on any atom is -0.493 e. The molecule has 1 atom stereocenters. The predicted molar refractivity (Wildman–Crippen MR) is 126 cm³/mol. The third kappa shape index (κ3) is 5.09. The Balaban J connectivity index is 1.49. The topological polar surface area (TPSA) is 77.1 Å². The first-order valence-electron chi connectivity index (χ1n) is 10.7. The Morgan fingerprint density at radius 3 is 2.52 bits per heavy atom. The van der Waals surface area contributed by atoms with Gasteiger partial charge in [-0.1, -0.05) is 42.0 Å². The highest BCUT2D eigenvalue weighted by atomic mass is 16.5. The fourth-order valence-corrected chi connectivity index (χ4v) is 3.60. The van der Waals surface area contributed by atoms with Crippen molar-refractivity contribution in [3.63, 3.8) is 0 Å². The summed E-state index contributed by atoms with van der Waals surface area (Å²) in [6.45, 7) is 3.98.